The van der Waals surface area contributed by atoms with Gasteiger partial charge in [0.2, 0.25) is 0 Å². The predicted molar refractivity (Wildman–Crippen MR) is 82.5 cm³/mol. The third kappa shape index (κ3) is 2.11. The third-order valence-corrected chi connectivity index (χ3v) is 3.70. The molecule has 1 aromatic heterocycles. The molecule has 0 saturated carbocycles. The van der Waals surface area contributed by atoms with Crippen LogP contribution in [0, 0.1) is 6.92 Å². The van der Waals surface area contributed by atoms with E-state index in [2.05, 4.69) is 35.3 Å². The number of nitrogens with one attached hydrogen (secondary N) is 1. The normalized spacial score (nSPS) is 12.8. The third-order valence-electron chi connectivity index (χ3n) is 3.70. The van der Waals surface area contributed by atoms with E-state index in [1.165, 1.54) is 5.56 Å². The van der Waals surface area contributed by atoms with Crippen LogP contribution >= 0.6 is 0 Å². The summed E-state index contributed by atoms with van der Waals surface area (Å²) >= 11 is 0. The van der Waals surface area contributed by atoms with Crippen LogP contribution in [0.3, 0.4) is 0 Å². The zero-order chi connectivity index (χ0) is 14.1. The van der Waals surface area contributed by atoms with Gasteiger partial charge in [-0.05, 0) is 30.2 Å². The second-order valence-electron chi connectivity index (χ2n) is 5.04. The van der Waals surface area contributed by atoms with E-state index in [1.807, 2.05) is 25.1 Å². The first-order valence-electron chi connectivity index (χ1n) is 6.76. The minimum atomic E-state index is -0.630. The summed E-state index contributed by atoms with van der Waals surface area (Å²) < 4.78 is 0. The first-order valence-corrected chi connectivity index (χ1v) is 6.76. The summed E-state index contributed by atoms with van der Waals surface area (Å²) in [6, 6.07) is 16.5. The maximum absolute atomic E-state index is 10.1. The number of aliphatic hydroxyl groups is 1. The van der Waals surface area contributed by atoms with Gasteiger partial charge in [-0.15, -0.1) is 0 Å². The lowest BCUT2D eigenvalue weighted by atomic mass is 10.00. The molecule has 4 N–H and O–H groups in total. The molecule has 1 heterocycles. The Labute approximate surface area is 118 Å². The highest BCUT2D eigenvalue weighted by atomic mass is 16.3. The van der Waals surface area contributed by atoms with Crippen LogP contribution in [0.4, 0.5) is 0 Å². The molecular weight excluding hydrogens is 248 g/mol. The molecular formula is C17H18N2O. The van der Waals surface area contributed by atoms with Crippen molar-refractivity contribution in [3.05, 3.63) is 59.8 Å². The maximum atomic E-state index is 10.1. The number of nitrogens with two attached hydrogens (primary N) is 1. The van der Waals surface area contributed by atoms with Crippen molar-refractivity contribution in [2.45, 2.75) is 13.0 Å². The number of aromatic amines is 1. The molecule has 0 spiro atoms. The van der Waals surface area contributed by atoms with Gasteiger partial charge in [-0.25, -0.2) is 0 Å². The minimum Gasteiger partial charge on any atom is -0.387 e. The summed E-state index contributed by atoms with van der Waals surface area (Å²) in [5, 5.41) is 11.2. The number of benzene rings is 2. The highest BCUT2D eigenvalue weighted by Crippen LogP contribution is 2.31. The lowest BCUT2D eigenvalue weighted by molar-refractivity contribution is 0.187. The Morgan fingerprint density at radius 1 is 1.10 bits per heavy atom. The number of aliphatic hydroxyl groups excluding tert-OH is 1. The van der Waals surface area contributed by atoms with Gasteiger partial charge < -0.3 is 15.8 Å². The number of fused-ring (bicyclic) bond motifs is 1. The summed E-state index contributed by atoms with van der Waals surface area (Å²) in [6.07, 6.45) is -0.630. The van der Waals surface area contributed by atoms with E-state index in [9.17, 15) is 5.11 Å². The highest BCUT2D eigenvalue weighted by Gasteiger charge is 2.15. The average Bonchev–Trinajstić information content (AvgIpc) is 2.82. The smallest absolute Gasteiger partial charge is 0.0935 e. The van der Waals surface area contributed by atoms with Crippen LogP contribution in [0.25, 0.3) is 22.0 Å². The fourth-order valence-corrected chi connectivity index (χ4v) is 2.70. The van der Waals surface area contributed by atoms with Gasteiger partial charge in [-0.2, -0.15) is 0 Å². The van der Waals surface area contributed by atoms with Crippen LogP contribution in [-0.2, 0) is 0 Å². The molecule has 0 fully saturated rings. The Morgan fingerprint density at radius 3 is 2.55 bits per heavy atom. The fraction of sp³-hybridized carbons (Fsp3) is 0.176. The van der Waals surface area contributed by atoms with Crippen LogP contribution in [0.5, 0.6) is 0 Å². The molecule has 3 rings (SSSR count). The first-order chi connectivity index (χ1) is 9.70. The van der Waals surface area contributed by atoms with Gasteiger partial charge in [0.15, 0.2) is 0 Å². The zero-order valence-corrected chi connectivity index (χ0v) is 11.4. The van der Waals surface area contributed by atoms with Crippen LogP contribution in [0.2, 0.25) is 0 Å². The molecule has 1 unspecified atom stereocenters. The van der Waals surface area contributed by atoms with E-state index in [0.717, 1.165) is 27.7 Å². The molecule has 20 heavy (non-hydrogen) atoms. The monoisotopic (exact) mass is 266 g/mol. The lowest BCUT2D eigenvalue weighted by Crippen LogP contribution is -2.12. The number of aromatic nitrogens is 1. The van der Waals surface area contributed by atoms with E-state index in [-0.39, 0.29) is 6.54 Å². The molecule has 0 saturated heterocycles. The zero-order valence-electron chi connectivity index (χ0n) is 11.4. The number of hydrogen-bond donors (Lipinski definition) is 3. The van der Waals surface area contributed by atoms with Crippen molar-refractivity contribution < 1.29 is 5.11 Å². The summed E-state index contributed by atoms with van der Waals surface area (Å²) in [6.45, 7) is 2.19. The fourth-order valence-electron chi connectivity index (χ4n) is 2.70. The molecule has 3 heteroatoms. The van der Waals surface area contributed by atoms with Crippen LogP contribution < -0.4 is 5.73 Å². The molecule has 0 aliphatic carbocycles. The molecule has 0 aliphatic rings. The van der Waals surface area contributed by atoms with E-state index in [1.54, 1.807) is 0 Å². The Morgan fingerprint density at radius 2 is 1.85 bits per heavy atom. The SMILES string of the molecule is Cc1[nH]c2ccc(-c3ccccc3)cc2c1C(O)CN. The van der Waals surface area contributed by atoms with E-state index in [4.69, 9.17) is 5.73 Å². The molecule has 1 atom stereocenters. The Balaban J connectivity index is 2.19. The van der Waals surface area contributed by atoms with Crippen LogP contribution in [0.15, 0.2) is 48.5 Å². The number of hydrogen-bond acceptors (Lipinski definition) is 2. The van der Waals surface area contributed by atoms with Crippen molar-refractivity contribution in [2.24, 2.45) is 5.73 Å². The van der Waals surface area contributed by atoms with Crippen LogP contribution in [0.1, 0.15) is 17.4 Å². The summed E-state index contributed by atoms with van der Waals surface area (Å²) in [5.41, 5.74) is 10.8. The molecule has 0 aliphatic heterocycles. The topological polar surface area (TPSA) is 62.0 Å². The lowest BCUT2D eigenvalue weighted by Gasteiger charge is -2.09. The molecule has 102 valence electrons. The molecule has 3 nitrogen and oxygen atoms in total. The maximum Gasteiger partial charge on any atom is 0.0935 e. The van der Waals surface area contributed by atoms with Crippen molar-refractivity contribution in [3.63, 3.8) is 0 Å². The number of aryl methyl sites for hydroxylation is 1. The van der Waals surface area contributed by atoms with E-state index < -0.39 is 6.10 Å². The van der Waals surface area contributed by atoms with Crippen molar-refractivity contribution in [3.8, 4) is 11.1 Å². The van der Waals surface area contributed by atoms with Crippen molar-refractivity contribution in [1.82, 2.24) is 4.98 Å². The van der Waals surface area contributed by atoms with Crippen molar-refractivity contribution in [2.75, 3.05) is 6.54 Å². The molecule has 0 amide bonds. The average molecular weight is 266 g/mol. The second-order valence-corrected chi connectivity index (χ2v) is 5.04. The van der Waals surface area contributed by atoms with Gasteiger partial charge in [-0.3, -0.25) is 0 Å². The molecule has 3 aromatic rings. The van der Waals surface area contributed by atoms with Gasteiger partial charge >= 0.3 is 0 Å². The van der Waals surface area contributed by atoms with E-state index in [0.29, 0.717) is 0 Å². The molecule has 0 bridgehead atoms. The predicted octanol–water partition coefficient (Wildman–Crippen LogP) is 3.14. The number of rotatable bonds is 3. The van der Waals surface area contributed by atoms with Gasteiger partial charge in [0.25, 0.3) is 0 Å². The van der Waals surface area contributed by atoms with E-state index >= 15 is 0 Å². The number of H-pyrrole nitrogens is 1. The second kappa shape index (κ2) is 5.12. The van der Waals surface area contributed by atoms with Gasteiger partial charge in [0, 0.05) is 28.7 Å². The standard InChI is InChI=1S/C17H18N2O/c1-11-17(16(20)10-18)14-9-13(7-8-15(14)19-11)12-5-3-2-4-6-12/h2-9,16,19-20H,10,18H2,1H3. The highest BCUT2D eigenvalue weighted by molar-refractivity contribution is 5.89. The Bertz CT molecular complexity index is 731. The Kier molecular flexibility index (Phi) is 3.30. The summed E-state index contributed by atoms with van der Waals surface area (Å²) in [5.74, 6) is 0. The summed E-state index contributed by atoms with van der Waals surface area (Å²) in [4.78, 5) is 3.31. The molecule has 0 radical (unpaired) electrons. The molecule has 2 aromatic carbocycles. The minimum absolute atomic E-state index is 0.226. The van der Waals surface area contributed by atoms with Gasteiger partial charge in [0.1, 0.15) is 0 Å². The van der Waals surface area contributed by atoms with Gasteiger partial charge in [0.05, 0.1) is 6.10 Å². The summed E-state index contributed by atoms with van der Waals surface area (Å²) in [7, 11) is 0. The van der Waals surface area contributed by atoms with Crippen LogP contribution in [-0.4, -0.2) is 16.6 Å². The Hall–Kier alpha value is -2.10. The largest absolute Gasteiger partial charge is 0.387 e. The van der Waals surface area contributed by atoms with Crippen molar-refractivity contribution in [1.29, 1.82) is 0 Å². The van der Waals surface area contributed by atoms with Gasteiger partial charge in [-0.1, -0.05) is 36.4 Å². The van der Waals surface area contributed by atoms with Crippen molar-refractivity contribution >= 4 is 10.9 Å². The first kappa shape index (κ1) is 12.9. The quantitative estimate of drug-likeness (QED) is 0.682.